The van der Waals surface area contributed by atoms with E-state index in [9.17, 15) is 0 Å². The Labute approximate surface area is 391 Å². The van der Waals surface area contributed by atoms with Crippen LogP contribution in [0, 0.1) is 10.8 Å². The predicted octanol–water partition coefficient (Wildman–Crippen LogP) is 10.4. The molecule has 6 aromatic carbocycles. The minimum Gasteiger partial charge on any atom is -1.00 e. The fraction of sp³-hybridized carbons (Fsp3) is 0.393. The van der Waals surface area contributed by atoms with Crippen LogP contribution in [0.2, 0.25) is 13.1 Å². The number of hydrogen-bond donors (Lipinski definition) is 0. The van der Waals surface area contributed by atoms with Gasteiger partial charge in [-0.05, 0) is 95.3 Å². The van der Waals surface area contributed by atoms with Crippen LogP contribution in [0.1, 0.15) is 116 Å². The van der Waals surface area contributed by atoms with Crippen LogP contribution in [0.5, 0.6) is 0 Å². The molecule has 0 saturated carbocycles. The van der Waals surface area contributed by atoms with Crippen molar-refractivity contribution in [2.24, 2.45) is 10.8 Å². The molecule has 2 unspecified atom stereocenters. The summed E-state index contributed by atoms with van der Waals surface area (Å²) in [5.41, 5.74) is 12.6. The Hall–Kier alpha value is -2.74. The number of fused-ring (bicyclic) bond motifs is 2. The average Bonchev–Trinajstić information content (AvgIpc) is 3.77. The molecule has 0 aromatic heterocycles. The molecule has 2 aliphatic rings. The summed E-state index contributed by atoms with van der Waals surface area (Å²) in [6.07, 6.45) is 19.2. The molecule has 0 amide bonds. The molecule has 316 valence electrons. The molecule has 60 heavy (non-hydrogen) atoms. The van der Waals surface area contributed by atoms with E-state index in [1.54, 1.807) is 23.3 Å². The van der Waals surface area contributed by atoms with Crippen LogP contribution >= 0.6 is 0 Å². The molecule has 2 atom stereocenters. The van der Waals surface area contributed by atoms with Gasteiger partial charge in [-0.15, -0.1) is 69.1 Å². The van der Waals surface area contributed by atoms with Gasteiger partial charge in [0.15, 0.2) is 0 Å². The number of hydrogen-bond acceptors (Lipinski definition) is 0. The zero-order valence-electron chi connectivity index (χ0n) is 38.1. The third kappa shape index (κ3) is 12.7. The molecular weight excluding hydrogens is 863 g/mol. The van der Waals surface area contributed by atoms with Gasteiger partial charge < -0.3 is 24.8 Å². The van der Waals surface area contributed by atoms with E-state index in [4.69, 9.17) is 0 Å². The molecule has 0 spiro atoms. The molecule has 0 heterocycles. The summed E-state index contributed by atoms with van der Waals surface area (Å²) < 4.78 is 0. The van der Waals surface area contributed by atoms with Crippen molar-refractivity contribution < 1.29 is 48.1 Å². The fourth-order valence-electron chi connectivity index (χ4n) is 9.36. The SMILES string of the molecule is CC1(Cc2cc3c(-c4ccccc4C(C)(C)C)cccc3[cH-]2)CC=CCC1.CC1(Cc2cc3c(-c4ccccc4C(C)(C)C)cccc3[cH-]2)CC=CCC1.C[Si](C)=[Zr+2].[Cl-].[Cl-]. The summed E-state index contributed by atoms with van der Waals surface area (Å²) in [5.74, 6) is 0. The number of allylic oxidation sites excluding steroid dienone is 4. The van der Waals surface area contributed by atoms with Crippen molar-refractivity contribution in [3.05, 3.63) is 156 Å². The Morgan fingerprint density at radius 1 is 0.533 bits per heavy atom. The minimum atomic E-state index is 0. The number of halogens is 2. The summed E-state index contributed by atoms with van der Waals surface area (Å²) in [6.45, 7) is 23.3. The van der Waals surface area contributed by atoms with Crippen LogP contribution < -0.4 is 24.8 Å². The molecule has 0 aliphatic heterocycles. The predicted molar refractivity (Wildman–Crippen MR) is 254 cm³/mol. The van der Waals surface area contributed by atoms with Gasteiger partial charge in [0.1, 0.15) is 0 Å². The van der Waals surface area contributed by atoms with Gasteiger partial charge in [-0.3, -0.25) is 0 Å². The standard InChI is InChI=1S/2C27H31.C2H6Si.2ClH.Zr/c2*1-26(2,3)25-14-7-6-12-23(25)22-13-10-11-21-17-20(18-24(21)22)19-27(4)15-8-5-9-16-27;1-3-2;;;/h2*5-8,10-14,17-18H,9,15-16,19H2,1-4H3;1-2H3;2*1H;/q2*-1;;;;+2/p-2. The van der Waals surface area contributed by atoms with Crippen molar-refractivity contribution >= 4 is 27.0 Å². The van der Waals surface area contributed by atoms with Crippen molar-refractivity contribution in [3.63, 3.8) is 0 Å². The Bertz CT molecular complexity index is 2240. The van der Waals surface area contributed by atoms with E-state index in [2.05, 4.69) is 202 Å². The first-order valence-electron chi connectivity index (χ1n) is 21.8. The van der Waals surface area contributed by atoms with Crippen LogP contribution in [0.15, 0.2) is 133 Å². The Morgan fingerprint density at radius 2 is 0.883 bits per heavy atom. The van der Waals surface area contributed by atoms with Gasteiger partial charge in [0, 0.05) is 0 Å². The first kappa shape index (κ1) is 49.9. The van der Waals surface area contributed by atoms with E-state index in [-0.39, 0.29) is 41.1 Å². The normalized spacial score (nSPS) is 18.7. The van der Waals surface area contributed by atoms with Gasteiger partial charge in [0.25, 0.3) is 0 Å². The minimum absolute atomic E-state index is 0. The zero-order chi connectivity index (χ0) is 41.7. The summed E-state index contributed by atoms with van der Waals surface area (Å²) in [5, 5.41) is 5.56. The molecule has 4 heteroatoms. The maximum atomic E-state index is 2.45. The maximum Gasteiger partial charge on any atom is -1.00 e. The third-order valence-corrected chi connectivity index (χ3v) is 12.3. The van der Waals surface area contributed by atoms with E-state index in [0.29, 0.717) is 10.8 Å². The quantitative estimate of drug-likeness (QED) is 0.0887. The topological polar surface area (TPSA) is 0 Å². The van der Waals surface area contributed by atoms with Gasteiger partial charge >= 0.3 is 41.9 Å². The monoisotopic (exact) mass is 928 g/mol. The van der Waals surface area contributed by atoms with Crippen molar-refractivity contribution in [1.29, 1.82) is 0 Å². The molecular formula is C56H68Cl2SiZr-2. The van der Waals surface area contributed by atoms with Crippen molar-refractivity contribution in [1.82, 2.24) is 0 Å². The van der Waals surface area contributed by atoms with Gasteiger partial charge in [-0.25, -0.2) is 0 Å². The maximum absolute atomic E-state index is 2.45. The molecule has 0 saturated heterocycles. The van der Waals surface area contributed by atoms with Crippen LogP contribution in [0.25, 0.3) is 43.8 Å². The Kier molecular flexibility index (Phi) is 17.5. The molecule has 0 bridgehead atoms. The first-order valence-corrected chi connectivity index (χ1v) is 28.0. The van der Waals surface area contributed by atoms with Gasteiger partial charge in [-0.1, -0.05) is 151 Å². The zero-order valence-corrected chi connectivity index (χ0v) is 43.1. The van der Waals surface area contributed by atoms with E-state index in [1.165, 1.54) is 117 Å². The van der Waals surface area contributed by atoms with Gasteiger partial charge in [-0.2, -0.15) is 12.1 Å². The molecule has 2 aliphatic carbocycles. The average molecular weight is 931 g/mol. The number of rotatable bonds is 6. The van der Waals surface area contributed by atoms with Crippen LogP contribution in [-0.2, 0) is 47.0 Å². The van der Waals surface area contributed by atoms with Gasteiger partial charge in [0.05, 0.1) is 0 Å². The summed E-state index contributed by atoms with van der Waals surface area (Å²) in [4.78, 5) is 0. The van der Waals surface area contributed by atoms with Gasteiger partial charge in [0.2, 0.25) is 0 Å². The number of benzene rings is 4. The molecule has 0 fully saturated rings. The summed E-state index contributed by atoms with van der Waals surface area (Å²) in [7, 11) is 0. The molecule has 8 rings (SSSR count). The molecule has 6 aromatic rings. The van der Waals surface area contributed by atoms with E-state index < -0.39 is 0 Å². The van der Waals surface area contributed by atoms with E-state index in [1.807, 2.05) is 0 Å². The second-order valence-corrected chi connectivity index (χ2v) is 29.7. The summed E-state index contributed by atoms with van der Waals surface area (Å²) >= 11 is 1.74. The Balaban J connectivity index is 0.000000236. The molecule has 0 radical (unpaired) electrons. The smallest absolute Gasteiger partial charge is 1.00 e. The van der Waals surface area contributed by atoms with Crippen LogP contribution in [-0.4, -0.2) is 5.43 Å². The van der Waals surface area contributed by atoms with Crippen LogP contribution in [0.4, 0.5) is 0 Å². The Morgan fingerprint density at radius 3 is 1.22 bits per heavy atom. The third-order valence-electron chi connectivity index (χ3n) is 12.3. The van der Waals surface area contributed by atoms with Crippen molar-refractivity contribution in [2.75, 3.05) is 0 Å². The fourth-order valence-corrected chi connectivity index (χ4v) is 9.36. The first-order chi connectivity index (χ1) is 27.4. The van der Waals surface area contributed by atoms with Crippen molar-refractivity contribution in [3.8, 4) is 22.3 Å². The second kappa shape index (κ2) is 21.1. The largest absolute Gasteiger partial charge is 1.00 e. The van der Waals surface area contributed by atoms with E-state index in [0.717, 1.165) is 0 Å². The molecule has 0 nitrogen and oxygen atoms in total. The summed E-state index contributed by atoms with van der Waals surface area (Å²) in [6, 6.07) is 41.1. The van der Waals surface area contributed by atoms with Crippen molar-refractivity contribution in [2.45, 2.75) is 131 Å². The second-order valence-electron chi connectivity index (χ2n) is 20.3. The van der Waals surface area contributed by atoms with Crippen LogP contribution in [0.3, 0.4) is 0 Å². The molecule has 0 N–H and O–H groups in total. The van der Waals surface area contributed by atoms with E-state index >= 15 is 0 Å².